The quantitative estimate of drug-likeness (QED) is 0.591. The summed E-state index contributed by atoms with van der Waals surface area (Å²) in [5.41, 5.74) is 0.748. The SMILES string of the molecule is COC(=O)C(c1ccccc1Cl)N1CCN(CC(O)COc2ccc(OC)cc2)CC1. The molecule has 31 heavy (non-hydrogen) atoms. The van der Waals surface area contributed by atoms with E-state index in [1.54, 1.807) is 13.2 Å². The highest BCUT2D eigenvalue weighted by molar-refractivity contribution is 6.31. The van der Waals surface area contributed by atoms with Crippen LogP contribution in [0.25, 0.3) is 0 Å². The lowest BCUT2D eigenvalue weighted by atomic mass is 10.0. The van der Waals surface area contributed by atoms with E-state index in [2.05, 4.69) is 9.80 Å². The van der Waals surface area contributed by atoms with Crippen molar-refractivity contribution in [2.75, 3.05) is 53.6 Å². The zero-order valence-corrected chi connectivity index (χ0v) is 18.6. The van der Waals surface area contributed by atoms with Crippen molar-refractivity contribution in [2.24, 2.45) is 0 Å². The minimum absolute atomic E-state index is 0.205. The van der Waals surface area contributed by atoms with Gasteiger partial charge in [0.2, 0.25) is 0 Å². The first kappa shape index (κ1) is 23.3. The molecule has 7 nitrogen and oxygen atoms in total. The summed E-state index contributed by atoms with van der Waals surface area (Å²) < 4.78 is 15.8. The Morgan fingerprint density at radius 3 is 2.29 bits per heavy atom. The Kier molecular flexibility index (Phi) is 8.54. The maximum atomic E-state index is 12.5. The number of methoxy groups -OCH3 is 2. The lowest BCUT2D eigenvalue weighted by Gasteiger charge is -2.39. The van der Waals surface area contributed by atoms with E-state index in [4.69, 9.17) is 25.8 Å². The van der Waals surface area contributed by atoms with Crippen molar-refractivity contribution in [3.8, 4) is 11.5 Å². The molecule has 0 saturated carbocycles. The van der Waals surface area contributed by atoms with Crippen LogP contribution < -0.4 is 9.47 Å². The standard InChI is InChI=1S/C23H29ClN2O5/c1-29-18-7-9-19(10-8-18)31-16-17(27)15-25-11-13-26(14-12-25)22(23(28)30-2)20-5-3-4-6-21(20)24/h3-10,17,22,27H,11-16H2,1-2H3. The van der Waals surface area contributed by atoms with Gasteiger partial charge in [-0.15, -0.1) is 0 Å². The first-order chi connectivity index (χ1) is 15.0. The van der Waals surface area contributed by atoms with E-state index in [0.717, 1.165) is 24.4 Å². The monoisotopic (exact) mass is 448 g/mol. The molecule has 2 aromatic rings. The summed E-state index contributed by atoms with van der Waals surface area (Å²) in [7, 11) is 3.00. The molecule has 1 N–H and O–H groups in total. The van der Waals surface area contributed by atoms with Crippen LogP contribution >= 0.6 is 11.6 Å². The predicted molar refractivity (Wildman–Crippen MR) is 119 cm³/mol. The minimum atomic E-state index is -0.617. The lowest BCUT2D eigenvalue weighted by Crippen LogP contribution is -2.51. The lowest BCUT2D eigenvalue weighted by molar-refractivity contribution is -0.148. The molecule has 168 valence electrons. The largest absolute Gasteiger partial charge is 0.497 e. The number of benzene rings is 2. The fourth-order valence-electron chi connectivity index (χ4n) is 3.70. The topological polar surface area (TPSA) is 71.5 Å². The Morgan fingerprint density at radius 2 is 1.68 bits per heavy atom. The van der Waals surface area contributed by atoms with E-state index < -0.39 is 12.1 Å². The molecular weight excluding hydrogens is 420 g/mol. The van der Waals surface area contributed by atoms with Crippen molar-refractivity contribution in [1.29, 1.82) is 0 Å². The molecule has 1 heterocycles. The van der Waals surface area contributed by atoms with Gasteiger partial charge in [0, 0.05) is 37.7 Å². The third kappa shape index (κ3) is 6.33. The van der Waals surface area contributed by atoms with Crippen molar-refractivity contribution >= 4 is 17.6 Å². The number of aliphatic hydroxyl groups is 1. The number of carbonyl (C=O) groups excluding carboxylic acids is 1. The summed E-state index contributed by atoms with van der Waals surface area (Å²) in [4.78, 5) is 16.7. The smallest absolute Gasteiger partial charge is 0.327 e. The predicted octanol–water partition coefficient (Wildman–Crippen LogP) is 2.62. The average Bonchev–Trinajstić information content (AvgIpc) is 2.80. The number of rotatable bonds is 9. The number of carbonyl (C=O) groups is 1. The molecule has 2 unspecified atom stereocenters. The van der Waals surface area contributed by atoms with Crippen LogP contribution in [0.15, 0.2) is 48.5 Å². The van der Waals surface area contributed by atoms with Gasteiger partial charge in [-0.25, -0.2) is 4.79 Å². The molecule has 1 aliphatic rings. The average molecular weight is 449 g/mol. The molecule has 0 aromatic heterocycles. The number of β-amino-alcohol motifs (C(OH)–C–C–N with tert-alkyl or cyclic N) is 1. The van der Waals surface area contributed by atoms with Crippen LogP contribution in [0, 0.1) is 0 Å². The maximum Gasteiger partial charge on any atom is 0.327 e. The molecule has 0 bridgehead atoms. The van der Waals surface area contributed by atoms with Gasteiger partial charge >= 0.3 is 5.97 Å². The number of esters is 1. The van der Waals surface area contributed by atoms with Crippen molar-refractivity contribution in [3.63, 3.8) is 0 Å². The molecule has 0 radical (unpaired) electrons. The summed E-state index contributed by atoms with van der Waals surface area (Å²) in [6.45, 7) is 3.47. The van der Waals surface area contributed by atoms with E-state index in [1.165, 1.54) is 7.11 Å². The molecule has 1 saturated heterocycles. The first-order valence-corrected chi connectivity index (χ1v) is 10.6. The van der Waals surface area contributed by atoms with Gasteiger partial charge in [0.15, 0.2) is 0 Å². The molecule has 2 aromatic carbocycles. The van der Waals surface area contributed by atoms with Gasteiger partial charge in [-0.05, 0) is 35.9 Å². The van der Waals surface area contributed by atoms with Gasteiger partial charge < -0.3 is 19.3 Å². The molecule has 0 spiro atoms. The molecule has 2 atom stereocenters. The van der Waals surface area contributed by atoms with Crippen LogP contribution in [0.4, 0.5) is 0 Å². The second kappa shape index (κ2) is 11.3. The van der Waals surface area contributed by atoms with Crippen molar-refractivity contribution in [2.45, 2.75) is 12.1 Å². The fourth-order valence-corrected chi connectivity index (χ4v) is 3.94. The Balaban J connectivity index is 1.50. The number of ether oxygens (including phenoxy) is 3. The van der Waals surface area contributed by atoms with Crippen LogP contribution in [-0.4, -0.2) is 80.5 Å². The van der Waals surface area contributed by atoms with Crippen LogP contribution in [0.1, 0.15) is 11.6 Å². The minimum Gasteiger partial charge on any atom is -0.497 e. The third-order valence-electron chi connectivity index (χ3n) is 5.37. The van der Waals surface area contributed by atoms with Gasteiger partial charge in [-0.1, -0.05) is 29.8 Å². The van der Waals surface area contributed by atoms with E-state index >= 15 is 0 Å². The van der Waals surface area contributed by atoms with Crippen LogP contribution in [0.3, 0.4) is 0 Å². The molecule has 0 amide bonds. The number of nitrogens with zero attached hydrogens (tertiary/aromatic N) is 2. The summed E-state index contributed by atoms with van der Waals surface area (Å²) >= 11 is 6.34. The number of aliphatic hydroxyl groups excluding tert-OH is 1. The molecule has 8 heteroatoms. The van der Waals surface area contributed by atoms with Crippen LogP contribution in [-0.2, 0) is 9.53 Å². The van der Waals surface area contributed by atoms with E-state index in [1.807, 2.05) is 42.5 Å². The van der Waals surface area contributed by atoms with Crippen molar-refractivity contribution < 1.29 is 24.1 Å². The third-order valence-corrected chi connectivity index (χ3v) is 5.71. The Morgan fingerprint density at radius 1 is 1.03 bits per heavy atom. The second-order valence-corrected chi connectivity index (χ2v) is 7.83. The Labute approximate surface area is 188 Å². The summed E-state index contributed by atoms with van der Waals surface area (Å²) in [5.74, 6) is 1.12. The molecular formula is C23H29ClN2O5. The second-order valence-electron chi connectivity index (χ2n) is 7.42. The summed E-state index contributed by atoms with van der Waals surface area (Å²) in [6, 6.07) is 14.1. The molecule has 3 rings (SSSR count). The number of hydrogen-bond acceptors (Lipinski definition) is 7. The maximum absolute atomic E-state index is 12.5. The molecule has 0 aliphatic carbocycles. The Hall–Kier alpha value is -2.32. The summed E-state index contributed by atoms with van der Waals surface area (Å²) in [6.07, 6.45) is -0.617. The van der Waals surface area contributed by atoms with Crippen molar-refractivity contribution in [1.82, 2.24) is 9.80 Å². The Bertz CT molecular complexity index is 840. The van der Waals surface area contributed by atoms with Gasteiger partial charge in [0.05, 0.1) is 14.2 Å². The van der Waals surface area contributed by atoms with Gasteiger partial charge in [0.25, 0.3) is 0 Å². The first-order valence-electron chi connectivity index (χ1n) is 10.3. The highest BCUT2D eigenvalue weighted by Crippen LogP contribution is 2.29. The highest BCUT2D eigenvalue weighted by Gasteiger charge is 2.32. The van der Waals surface area contributed by atoms with Gasteiger partial charge in [0.1, 0.15) is 30.3 Å². The summed E-state index contributed by atoms with van der Waals surface area (Å²) in [5, 5.41) is 10.9. The van der Waals surface area contributed by atoms with Crippen molar-refractivity contribution in [3.05, 3.63) is 59.1 Å². The van der Waals surface area contributed by atoms with Crippen LogP contribution in [0.5, 0.6) is 11.5 Å². The van der Waals surface area contributed by atoms with Gasteiger partial charge in [-0.2, -0.15) is 0 Å². The van der Waals surface area contributed by atoms with Crippen LogP contribution in [0.2, 0.25) is 5.02 Å². The number of hydrogen-bond donors (Lipinski definition) is 1. The van der Waals surface area contributed by atoms with E-state index in [-0.39, 0.29) is 12.6 Å². The number of piperazine rings is 1. The zero-order chi connectivity index (χ0) is 22.2. The van der Waals surface area contributed by atoms with E-state index in [0.29, 0.717) is 30.4 Å². The molecule has 1 aliphatic heterocycles. The normalized spacial score (nSPS) is 17.0. The molecule has 1 fully saturated rings. The van der Waals surface area contributed by atoms with Gasteiger partial charge in [-0.3, -0.25) is 9.80 Å². The highest BCUT2D eigenvalue weighted by atomic mass is 35.5. The zero-order valence-electron chi connectivity index (χ0n) is 17.9. The number of halogens is 1. The van der Waals surface area contributed by atoms with E-state index in [9.17, 15) is 9.90 Å². The fraction of sp³-hybridized carbons (Fsp3) is 0.435.